The van der Waals surface area contributed by atoms with E-state index in [4.69, 9.17) is 9.47 Å². The molecule has 6 heterocycles. The summed E-state index contributed by atoms with van der Waals surface area (Å²) < 4.78 is 71.8. The van der Waals surface area contributed by atoms with Crippen LogP contribution in [0.1, 0.15) is 66.4 Å². The first-order valence-corrected chi connectivity index (χ1v) is 24.5. The minimum Gasteiger partial charge on any atom is -0.453 e. The van der Waals surface area contributed by atoms with E-state index < -0.39 is 51.0 Å². The van der Waals surface area contributed by atoms with Gasteiger partial charge in [0.25, 0.3) is 11.5 Å². The molecule has 5 aromatic rings. The third kappa shape index (κ3) is 8.31. The highest BCUT2D eigenvalue weighted by Gasteiger charge is 2.53. The molecule has 1 saturated carbocycles. The van der Waals surface area contributed by atoms with Crippen LogP contribution in [0.3, 0.4) is 0 Å². The van der Waals surface area contributed by atoms with Gasteiger partial charge in [-0.3, -0.25) is 33.8 Å². The number of nitrogens with zero attached hydrogens (tertiary/aromatic N) is 7. The lowest BCUT2D eigenvalue weighted by Gasteiger charge is -2.60. The van der Waals surface area contributed by atoms with E-state index in [-0.39, 0.29) is 72.2 Å². The summed E-state index contributed by atoms with van der Waals surface area (Å²) in [5, 5.41) is 12.5. The molecule has 69 heavy (non-hydrogen) atoms. The number of carbonyl (C=O) groups is 3. The van der Waals surface area contributed by atoms with Crippen molar-refractivity contribution in [2.45, 2.75) is 75.9 Å². The molecule has 2 atom stereocenters. The number of aromatic nitrogens is 2. The van der Waals surface area contributed by atoms with Crippen molar-refractivity contribution >= 4 is 55.9 Å². The summed E-state index contributed by atoms with van der Waals surface area (Å²) in [6.07, 6.45) is 4.92. The smallest absolute Gasteiger partial charge is 0.301 e. The fourth-order valence-electron chi connectivity index (χ4n) is 10.7. The maximum atomic E-state index is 15.2. The first kappa shape index (κ1) is 44.5. The summed E-state index contributed by atoms with van der Waals surface area (Å²) in [4.78, 5) is 61.8. The second-order valence-corrected chi connectivity index (χ2v) is 20.6. The van der Waals surface area contributed by atoms with E-state index in [1.165, 1.54) is 29.1 Å². The number of imide groups is 1. The van der Waals surface area contributed by atoms with E-state index in [2.05, 4.69) is 30.9 Å². The minimum absolute atomic E-state index is 0.0127. The molecule has 3 amide bonds. The summed E-state index contributed by atoms with van der Waals surface area (Å²) in [7, 11) is -4.24. The number of hydrogen-bond donors (Lipinski definition) is 2. The van der Waals surface area contributed by atoms with E-state index in [9.17, 15) is 37.2 Å². The van der Waals surface area contributed by atoms with Crippen LogP contribution in [0, 0.1) is 22.6 Å². The highest BCUT2D eigenvalue weighted by Crippen LogP contribution is 2.52. The number of fused-ring (bicyclic) bond motifs is 2. The molecule has 5 fully saturated rings. The molecule has 1 aromatic heterocycles. The van der Waals surface area contributed by atoms with Crippen LogP contribution in [-0.2, 0) is 31.1 Å². The Bertz CT molecular complexity index is 3140. The van der Waals surface area contributed by atoms with Gasteiger partial charge in [-0.2, -0.15) is 18.0 Å². The largest absolute Gasteiger partial charge is 0.453 e. The maximum Gasteiger partial charge on any atom is 0.301 e. The van der Waals surface area contributed by atoms with Crippen molar-refractivity contribution in [2.75, 3.05) is 53.8 Å². The molecule has 4 aromatic carbocycles. The van der Waals surface area contributed by atoms with Gasteiger partial charge in [0.15, 0.2) is 11.6 Å². The fourth-order valence-corrected chi connectivity index (χ4v) is 12.0. The molecule has 1 aliphatic carbocycles. The SMILES string of the molecule is N#Cc1c(NS(=O)(=O)N2CCC(F)C2)ccc(F)c1Oc1ccc2ncn(-c3ccc(N4CCC(OC5CC6(C5)CN(c5ccc7c(c5)CN(C5CCC(=O)NC5=O)C7=O)C6)CC4)cc3)c(=O)c2c1. The second-order valence-electron chi connectivity index (χ2n) is 18.9. The van der Waals surface area contributed by atoms with Gasteiger partial charge in [0.2, 0.25) is 11.8 Å². The number of alkyl halides is 1. The van der Waals surface area contributed by atoms with Crippen LogP contribution in [0.4, 0.5) is 25.8 Å². The van der Waals surface area contributed by atoms with Crippen LogP contribution in [0.15, 0.2) is 83.9 Å². The van der Waals surface area contributed by atoms with Gasteiger partial charge in [0, 0.05) is 74.6 Å². The lowest BCUT2D eigenvalue weighted by molar-refractivity contribution is -0.137. The topological polar surface area (TPSA) is 200 Å². The van der Waals surface area contributed by atoms with E-state index in [0.717, 1.165) is 85.2 Å². The van der Waals surface area contributed by atoms with Crippen LogP contribution < -0.4 is 30.1 Å². The predicted octanol–water partition coefficient (Wildman–Crippen LogP) is 5.30. The third-order valence-electron chi connectivity index (χ3n) is 14.4. The monoisotopic (exact) mass is 959 g/mol. The molecule has 6 aliphatic rings. The highest BCUT2D eigenvalue weighted by atomic mass is 32.2. The third-order valence-corrected chi connectivity index (χ3v) is 15.9. The van der Waals surface area contributed by atoms with Gasteiger partial charge >= 0.3 is 10.2 Å². The van der Waals surface area contributed by atoms with Crippen molar-refractivity contribution < 1.29 is 41.1 Å². The van der Waals surface area contributed by atoms with Gasteiger partial charge in [-0.05, 0) is 117 Å². The van der Waals surface area contributed by atoms with Crippen molar-refractivity contribution in [1.82, 2.24) is 24.1 Å². The molecule has 5 aliphatic heterocycles. The predicted molar refractivity (Wildman–Crippen MR) is 249 cm³/mol. The number of piperidine rings is 2. The van der Waals surface area contributed by atoms with Gasteiger partial charge in [-0.25, -0.2) is 13.8 Å². The van der Waals surface area contributed by atoms with Gasteiger partial charge in [-0.15, -0.1) is 0 Å². The minimum atomic E-state index is -4.24. The number of benzene rings is 4. The van der Waals surface area contributed by atoms with Gasteiger partial charge < -0.3 is 24.2 Å². The maximum absolute atomic E-state index is 15.2. The number of anilines is 3. The Morgan fingerprint density at radius 3 is 2.33 bits per heavy atom. The van der Waals surface area contributed by atoms with E-state index in [1.807, 2.05) is 36.4 Å². The zero-order valence-electron chi connectivity index (χ0n) is 37.3. The second kappa shape index (κ2) is 17.2. The number of rotatable bonds is 11. The first-order valence-electron chi connectivity index (χ1n) is 23.1. The fraction of sp³-hybridized carbons (Fsp3) is 0.388. The molecule has 2 N–H and O–H groups in total. The quantitative estimate of drug-likeness (QED) is 0.162. The van der Waals surface area contributed by atoms with Gasteiger partial charge in [-0.1, -0.05) is 0 Å². The Morgan fingerprint density at radius 2 is 1.61 bits per heavy atom. The van der Waals surface area contributed by atoms with Crippen LogP contribution in [-0.4, -0.2) is 109 Å². The number of ether oxygens (including phenoxy) is 2. The van der Waals surface area contributed by atoms with E-state index in [0.29, 0.717) is 29.7 Å². The molecule has 1 spiro atoms. The van der Waals surface area contributed by atoms with Crippen molar-refractivity contribution in [1.29, 1.82) is 5.26 Å². The van der Waals surface area contributed by atoms with Gasteiger partial charge in [0.1, 0.15) is 35.9 Å². The highest BCUT2D eigenvalue weighted by molar-refractivity contribution is 7.90. The van der Waals surface area contributed by atoms with Crippen LogP contribution in [0.5, 0.6) is 11.5 Å². The molecule has 0 radical (unpaired) electrons. The van der Waals surface area contributed by atoms with E-state index >= 15 is 4.39 Å². The lowest BCUT2D eigenvalue weighted by Crippen LogP contribution is -2.64. The molecule has 20 heteroatoms. The Hall–Kier alpha value is -6.95. The van der Waals surface area contributed by atoms with Crippen molar-refractivity contribution in [2.24, 2.45) is 5.41 Å². The Balaban J connectivity index is 0.674. The standard InChI is InChI=1S/C49H47F2N9O8S/c50-30-13-18-58(25-30)69(65,66)55-42-10-8-40(51)45(39(42)23-52)68-35-6-9-41-38(20-35)48(64)60(28-53-41)32-3-1-31(2-4-32)56-16-14-34(15-17-56)67-36-21-49(22-36)26-57(27-49)33-5-7-37-29(19-33)24-59(47(37)63)43-11-12-44(61)54-46(43)62/h1-10,19-20,28,30,34,36,43,55H,11-18,21-22,24-27H2,(H,54,61,62). The van der Waals surface area contributed by atoms with Crippen molar-refractivity contribution in [3.05, 3.63) is 112 Å². The van der Waals surface area contributed by atoms with Crippen LogP contribution >= 0.6 is 0 Å². The number of amides is 3. The summed E-state index contributed by atoms with van der Waals surface area (Å²) in [6, 6.07) is 21.1. The Kier molecular flexibility index (Phi) is 11.1. The summed E-state index contributed by atoms with van der Waals surface area (Å²) in [5.41, 5.74) is 3.69. The Labute approximate surface area is 395 Å². The molecule has 11 rings (SSSR count). The molecular weight excluding hydrogens is 913 g/mol. The molecule has 0 bridgehead atoms. The molecule has 4 saturated heterocycles. The number of hydrogen-bond acceptors (Lipinski definition) is 12. The molecular formula is C49H47F2N9O8S. The van der Waals surface area contributed by atoms with Crippen molar-refractivity contribution in [3.8, 4) is 23.3 Å². The number of carbonyl (C=O) groups excluding carboxylic acids is 3. The van der Waals surface area contributed by atoms with Crippen molar-refractivity contribution in [3.63, 3.8) is 0 Å². The zero-order valence-corrected chi connectivity index (χ0v) is 38.1. The average molecular weight is 960 g/mol. The average Bonchev–Trinajstić information content (AvgIpc) is 3.91. The van der Waals surface area contributed by atoms with Gasteiger partial charge in [0.05, 0.1) is 34.5 Å². The lowest BCUT2D eigenvalue weighted by atomic mass is 9.61. The number of nitrogens with one attached hydrogen (secondary N) is 2. The zero-order chi connectivity index (χ0) is 47.8. The number of halogens is 2. The van der Waals surface area contributed by atoms with E-state index in [1.54, 1.807) is 11.0 Å². The molecule has 17 nitrogen and oxygen atoms in total. The Morgan fingerprint density at radius 1 is 0.855 bits per heavy atom. The summed E-state index contributed by atoms with van der Waals surface area (Å²) in [5.74, 6) is -2.35. The summed E-state index contributed by atoms with van der Waals surface area (Å²) >= 11 is 0. The molecule has 2 unspecified atom stereocenters. The normalized spacial score (nSPS) is 21.8. The van der Waals surface area contributed by atoms with Crippen LogP contribution in [0.25, 0.3) is 16.6 Å². The first-order chi connectivity index (χ1) is 33.2. The number of nitriles is 1. The molecule has 356 valence electrons. The van der Waals surface area contributed by atoms with Crippen LogP contribution in [0.2, 0.25) is 0 Å². The summed E-state index contributed by atoms with van der Waals surface area (Å²) in [6.45, 7) is 3.49.